The Kier molecular flexibility index (Phi) is 5.46. The zero-order chi connectivity index (χ0) is 14.6. The van der Waals surface area contributed by atoms with Crippen molar-refractivity contribution >= 4 is 0 Å². The smallest absolute Gasteiger partial charge is 0.0608 e. The van der Waals surface area contributed by atoms with E-state index in [1.807, 2.05) is 0 Å². The first kappa shape index (κ1) is 16.2. The Morgan fingerprint density at radius 3 is 2.50 bits per heavy atom. The van der Waals surface area contributed by atoms with Crippen LogP contribution in [-0.2, 0) is 4.74 Å². The van der Waals surface area contributed by atoms with E-state index in [1.165, 1.54) is 32.1 Å². The normalized spacial score (nSPS) is 33.9. The zero-order valence-electron chi connectivity index (χ0n) is 13.6. The van der Waals surface area contributed by atoms with E-state index in [0.29, 0.717) is 5.41 Å². The summed E-state index contributed by atoms with van der Waals surface area (Å²) in [5.41, 5.74) is 10.4. The second kappa shape index (κ2) is 6.73. The second-order valence-corrected chi connectivity index (χ2v) is 7.69. The summed E-state index contributed by atoms with van der Waals surface area (Å²) in [5, 5.41) is 2.33. The lowest BCUT2D eigenvalue weighted by atomic mass is 9.76. The Bertz CT molecular complexity index is 297. The summed E-state index contributed by atoms with van der Waals surface area (Å²) in [7, 11) is 0. The molecule has 0 aromatic heterocycles. The Morgan fingerprint density at radius 1 is 1.20 bits per heavy atom. The van der Waals surface area contributed by atoms with E-state index in [0.717, 1.165) is 38.8 Å². The number of nitrogens with one attached hydrogen (secondary N) is 1. The van der Waals surface area contributed by atoms with Gasteiger partial charge in [0.25, 0.3) is 0 Å². The van der Waals surface area contributed by atoms with E-state index in [2.05, 4.69) is 31.2 Å². The average molecular weight is 283 g/mol. The van der Waals surface area contributed by atoms with Crippen LogP contribution in [-0.4, -0.2) is 43.4 Å². The standard InChI is InChI=1S/C16H33N3O/c1-15(2,3)14-5-4-7-16(13-17,8-6-14)18-19-9-11-20-12-10-19/h14,18H,4-13,17H2,1-3H3. The van der Waals surface area contributed by atoms with Gasteiger partial charge in [0.1, 0.15) is 0 Å². The van der Waals surface area contributed by atoms with Crippen molar-refractivity contribution in [3.63, 3.8) is 0 Å². The maximum absolute atomic E-state index is 6.16. The van der Waals surface area contributed by atoms with Gasteiger partial charge in [0.05, 0.1) is 13.2 Å². The van der Waals surface area contributed by atoms with Crippen LogP contribution in [0.2, 0.25) is 0 Å². The van der Waals surface area contributed by atoms with E-state index >= 15 is 0 Å². The predicted octanol–water partition coefficient (Wildman–Crippen LogP) is 2.15. The van der Waals surface area contributed by atoms with Crippen molar-refractivity contribution in [1.29, 1.82) is 0 Å². The molecule has 0 spiro atoms. The van der Waals surface area contributed by atoms with Crippen molar-refractivity contribution in [3.05, 3.63) is 0 Å². The van der Waals surface area contributed by atoms with Gasteiger partial charge >= 0.3 is 0 Å². The van der Waals surface area contributed by atoms with Gasteiger partial charge in [-0.15, -0.1) is 0 Å². The molecule has 2 aliphatic rings. The van der Waals surface area contributed by atoms with Crippen molar-refractivity contribution in [2.24, 2.45) is 17.1 Å². The number of ether oxygens (including phenoxy) is 1. The molecule has 1 aliphatic carbocycles. The highest BCUT2D eigenvalue weighted by atomic mass is 16.5. The summed E-state index contributed by atoms with van der Waals surface area (Å²) in [6.45, 7) is 11.5. The molecule has 2 rings (SSSR count). The first-order chi connectivity index (χ1) is 9.45. The van der Waals surface area contributed by atoms with Gasteiger partial charge in [0.2, 0.25) is 0 Å². The van der Waals surface area contributed by atoms with Crippen LogP contribution < -0.4 is 11.2 Å². The Labute approximate surface area is 124 Å². The molecule has 118 valence electrons. The molecule has 0 radical (unpaired) electrons. The van der Waals surface area contributed by atoms with Crippen LogP contribution >= 0.6 is 0 Å². The average Bonchev–Trinajstić information content (AvgIpc) is 2.63. The lowest BCUT2D eigenvalue weighted by molar-refractivity contribution is -0.0149. The molecule has 2 fully saturated rings. The van der Waals surface area contributed by atoms with Gasteiger partial charge in [-0.25, -0.2) is 10.4 Å². The third-order valence-electron chi connectivity index (χ3n) is 5.20. The van der Waals surface area contributed by atoms with Crippen molar-refractivity contribution in [2.45, 2.75) is 58.4 Å². The van der Waals surface area contributed by atoms with Crippen LogP contribution in [0.1, 0.15) is 52.9 Å². The number of morpholine rings is 1. The van der Waals surface area contributed by atoms with E-state index in [9.17, 15) is 0 Å². The Morgan fingerprint density at radius 2 is 1.90 bits per heavy atom. The molecule has 0 aromatic rings. The third-order valence-corrected chi connectivity index (χ3v) is 5.20. The van der Waals surface area contributed by atoms with E-state index in [1.54, 1.807) is 0 Å². The molecule has 1 saturated heterocycles. The van der Waals surface area contributed by atoms with Crippen LogP contribution in [0.5, 0.6) is 0 Å². The summed E-state index contributed by atoms with van der Waals surface area (Å²) in [6, 6.07) is 0. The first-order valence-electron chi connectivity index (χ1n) is 8.26. The Hall–Kier alpha value is -0.160. The molecule has 0 bridgehead atoms. The number of nitrogens with zero attached hydrogens (tertiary/aromatic N) is 1. The summed E-state index contributed by atoms with van der Waals surface area (Å²) in [5.74, 6) is 0.822. The lowest BCUT2D eigenvalue weighted by Crippen LogP contribution is -2.60. The monoisotopic (exact) mass is 283 g/mol. The van der Waals surface area contributed by atoms with Crippen LogP contribution in [0, 0.1) is 11.3 Å². The van der Waals surface area contributed by atoms with Crippen LogP contribution in [0.4, 0.5) is 0 Å². The second-order valence-electron chi connectivity index (χ2n) is 7.69. The maximum Gasteiger partial charge on any atom is 0.0608 e. The van der Waals surface area contributed by atoms with Gasteiger partial charge in [-0.1, -0.05) is 27.2 Å². The van der Waals surface area contributed by atoms with Crippen molar-refractivity contribution in [1.82, 2.24) is 10.4 Å². The fraction of sp³-hybridized carbons (Fsp3) is 1.00. The first-order valence-corrected chi connectivity index (χ1v) is 8.26. The summed E-state index contributed by atoms with van der Waals surface area (Å²) in [6.07, 6.45) is 6.32. The molecule has 0 aromatic carbocycles. The number of nitrogens with two attached hydrogens (primary N) is 1. The van der Waals surface area contributed by atoms with E-state index in [-0.39, 0.29) is 5.54 Å². The van der Waals surface area contributed by atoms with Gasteiger partial charge in [0, 0.05) is 25.2 Å². The van der Waals surface area contributed by atoms with Gasteiger partial charge < -0.3 is 10.5 Å². The van der Waals surface area contributed by atoms with Gasteiger partial charge in [-0.2, -0.15) is 0 Å². The minimum absolute atomic E-state index is 0.108. The lowest BCUT2D eigenvalue weighted by Gasteiger charge is -2.40. The molecule has 4 heteroatoms. The zero-order valence-corrected chi connectivity index (χ0v) is 13.6. The highest BCUT2D eigenvalue weighted by Gasteiger charge is 2.36. The number of hydrogen-bond acceptors (Lipinski definition) is 4. The third kappa shape index (κ3) is 4.17. The van der Waals surface area contributed by atoms with Gasteiger partial charge in [-0.05, 0) is 37.0 Å². The highest BCUT2D eigenvalue weighted by Crippen LogP contribution is 2.39. The molecule has 1 aliphatic heterocycles. The number of hydrazine groups is 1. The van der Waals surface area contributed by atoms with E-state index in [4.69, 9.17) is 10.5 Å². The topological polar surface area (TPSA) is 50.5 Å². The molecule has 20 heavy (non-hydrogen) atoms. The molecule has 4 nitrogen and oxygen atoms in total. The van der Waals surface area contributed by atoms with Crippen molar-refractivity contribution < 1.29 is 4.74 Å². The highest BCUT2D eigenvalue weighted by molar-refractivity contribution is 4.93. The van der Waals surface area contributed by atoms with Gasteiger partial charge in [-0.3, -0.25) is 0 Å². The van der Waals surface area contributed by atoms with Crippen LogP contribution in [0.15, 0.2) is 0 Å². The number of rotatable bonds is 3. The molecule has 1 saturated carbocycles. The molecule has 2 unspecified atom stereocenters. The van der Waals surface area contributed by atoms with Crippen LogP contribution in [0.3, 0.4) is 0 Å². The predicted molar refractivity (Wildman–Crippen MR) is 83.3 cm³/mol. The molecular weight excluding hydrogens is 250 g/mol. The summed E-state index contributed by atoms with van der Waals surface area (Å²) >= 11 is 0. The maximum atomic E-state index is 6.16. The van der Waals surface area contributed by atoms with Crippen molar-refractivity contribution in [3.8, 4) is 0 Å². The fourth-order valence-corrected chi connectivity index (χ4v) is 3.64. The quantitative estimate of drug-likeness (QED) is 0.779. The minimum Gasteiger partial charge on any atom is -0.379 e. The SMILES string of the molecule is CC(C)(C)C1CCCC(CN)(NN2CCOCC2)CC1. The minimum atomic E-state index is 0.108. The molecular formula is C16H33N3O. The molecule has 3 N–H and O–H groups in total. The fourth-order valence-electron chi connectivity index (χ4n) is 3.64. The Balaban J connectivity index is 1.96. The summed E-state index contributed by atoms with van der Waals surface area (Å²) in [4.78, 5) is 0. The largest absolute Gasteiger partial charge is 0.379 e. The molecule has 2 atom stereocenters. The summed E-state index contributed by atoms with van der Waals surface area (Å²) < 4.78 is 5.43. The number of hydrogen-bond donors (Lipinski definition) is 2. The molecule has 0 amide bonds. The van der Waals surface area contributed by atoms with Gasteiger partial charge in [0.15, 0.2) is 0 Å². The van der Waals surface area contributed by atoms with Crippen LogP contribution in [0.25, 0.3) is 0 Å². The molecule has 1 heterocycles. The van der Waals surface area contributed by atoms with E-state index < -0.39 is 0 Å². The van der Waals surface area contributed by atoms with Crippen molar-refractivity contribution in [2.75, 3.05) is 32.8 Å².